The zero-order valence-electron chi connectivity index (χ0n) is 22.7. The normalized spacial score (nSPS) is 14.2. The highest BCUT2D eigenvalue weighted by Crippen LogP contribution is 2.45. The van der Waals surface area contributed by atoms with E-state index in [0.29, 0.717) is 39.2 Å². The monoisotopic (exact) mass is 646 g/mol. The number of rotatable bonds is 7. The highest BCUT2D eigenvalue weighted by atomic mass is 79.9. The van der Waals surface area contributed by atoms with Gasteiger partial charge in [0.05, 0.1) is 36.9 Å². The maximum Gasteiger partial charge on any atom is 0.350 e. The molecule has 0 bridgehead atoms. The van der Waals surface area contributed by atoms with Gasteiger partial charge < -0.3 is 18.6 Å². The zero-order valence-corrected chi connectivity index (χ0v) is 25.1. The zero-order chi connectivity index (χ0) is 29.5. The molecule has 1 aliphatic rings. The number of aryl methyl sites for hydroxylation is 1. The minimum absolute atomic E-state index is 0.0873. The molecule has 0 saturated carbocycles. The van der Waals surface area contributed by atoms with Crippen LogP contribution in [-0.4, -0.2) is 31.1 Å². The molecule has 5 aromatic rings. The Hall–Kier alpha value is -4.48. The Morgan fingerprint density at radius 1 is 1.05 bits per heavy atom. The van der Waals surface area contributed by atoms with Gasteiger partial charge in [-0.3, -0.25) is 14.5 Å². The molecule has 1 amide bonds. The molecule has 6 rings (SSSR count). The fourth-order valence-corrected chi connectivity index (χ4v) is 6.31. The maximum absolute atomic E-state index is 14.0. The van der Waals surface area contributed by atoms with Gasteiger partial charge in [-0.25, -0.2) is 9.78 Å². The van der Waals surface area contributed by atoms with Gasteiger partial charge in [0.15, 0.2) is 22.1 Å². The number of amides is 1. The van der Waals surface area contributed by atoms with Crippen LogP contribution in [0.15, 0.2) is 80.4 Å². The molecule has 1 aliphatic heterocycles. The van der Waals surface area contributed by atoms with Gasteiger partial charge in [-0.1, -0.05) is 63.7 Å². The van der Waals surface area contributed by atoms with Crippen LogP contribution in [0.3, 0.4) is 0 Å². The molecule has 0 radical (unpaired) electrons. The largest absolute Gasteiger partial charge is 0.493 e. The Labute approximate surface area is 252 Å². The van der Waals surface area contributed by atoms with E-state index >= 15 is 0 Å². The van der Waals surface area contributed by atoms with E-state index in [4.69, 9.17) is 18.6 Å². The lowest BCUT2D eigenvalue weighted by atomic mass is 9.98. The topological polar surface area (TPSA) is 108 Å². The van der Waals surface area contributed by atoms with Crippen LogP contribution >= 0.6 is 27.3 Å². The van der Waals surface area contributed by atoms with E-state index in [1.807, 2.05) is 30.3 Å². The van der Waals surface area contributed by atoms with Gasteiger partial charge in [-0.05, 0) is 48.4 Å². The van der Waals surface area contributed by atoms with Crippen molar-refractivity contribution in [3.8, 4) is 11.5 Å². The number of methoxy groups -OCH3 is 2. The number of carbonyl (C=O) groups excluding carboxylic acids is 2. The first kappa shape index (κ1) is 27.7. The number of ether oxygens (including phenoxy) is 3. The number of aromatic nitrogens is 1. The summed E-state index contributed by atoms with van der Waals surface area (Å²) in [6.07, 6.45) is 0. The summed E-state index contributed by atoms with van der Waals surface area (Å²) < 4.78 is 23.3. The number of hydrogen-bond donors (Lipinski definition) is 0. The Balaban J connectivity index is 1.50. The molecule has 0 N–H and O–H groups in total. The van der Waals surface area contributed by atoms with Crippen LogP contribution in [0.25, 0.3) is 11.0 Å². The van der Waals surface area contributed by atoms with Crippen molar-refractivity contribution in [2.75, 3.05) is 19.1 Å². The number of anilines is 1. The minimum atomic E-state index is -0.916. The molecule has 212 valence electrons. The lowest BCUT2D eigenvalue weighted by Gasteiger charge is -2.23. The van der Waals surface area contributed by atoms with E-state index in [0.717, 1.165) is 16.9 Å². The summed E-state index contributed by atoms with van der Waals surface area (Å²) >= 11 is 4.42. The Bertz CT molecular complexity index is 1920. The van der Waals surface area contributed by atoms with Gasteiger partial charge in [0.1, 0.15) is 17.1 Å². The van der Waals surface area contributed by atoms with Gasteiger partial charge >= 0.3 is 5.97 Å². The summed E-state index contributed by atoms with van der Waals surface area (Å²) in [5, 5.41) is 0.547. The van der Waals surface area contributed by atoms with Crippen LogP contribution in [0.5, 0.6) is 11.5 Å². The number of esters is 1. The van der Waals surface area contributed by atoms with Crippen LogP contribution in [0.1, 0.15) is 48.7 Å². The van der Waals surface area contributed by atoms with Gasteiger partial charge in [0.25, 0.3) is 5.91 Å². The second-order valence-corrected chi connectivity index (χ2v) is 11.4. The molecular formula is C31H23BrN2O7S. The van der Waals surface area contributed by atoms with Crippen LogP contribution < -0.4 is 19.8 Å². The SMILES string of the molecule is COC(=O)c1sc(N2C(=O)c3oc4ccc(Br)cc4c(=O)c3C2c2ccc(OCc3ccccc3)c(OC)c2)nc1C. The first-order valence-electron chi connectivity index (χ1n) is 12.8. The third-order valence-corrected chi connectivity index (χ3v) is 8.56. The number of carbonyl (C=O) groups is 2. The van der Waals surface area contributed by atoms with Crippen molar-refractivity contribution >= 4 is 55.2 Å². The Morgan fingerprint density at radius 3 is 2.57 bits per heavy atom. The molecule has 0 fully saturated rings. The number of halogens is 1. The quantitative estimate of drug-likeness (QED) is 0.186. The van der Waals surface area contributed by atoms with Crippen molar-refractivity contribution in [3.05, 3.63) is 114 Å². The average molecular weight is 648 g/mol. The molecule has 3 heterocycles. The molecule has 0 spiro atoms. The maximum atomic E-state index is 14.0. The Morgan fingerprint density at radius 2 is 1.83 bits per heavy atom. The molecule has 11 heteroatoms. The summed E-state index contributed by atoms with van der Waals surface area (Å²) in [5.74, 6) is -0.291. The minimum Gasteiger partial charge on any atom is -0.493 e. The molecule has 2 aromatic heterocycles. The van der Waals surface area contributed by atoms with Crippen molar-refractivity contribution < 1.29 is 28.2 Å². The number of thiazole rings is 1. The third kappa shape index (κ3) is 4.74. The number of fused-ring (bicyclic) bond motifs is 2. The Kier molecular flexibility index (Phi) is 7.29. The predicted octanol–water partition coefficient (Wildman–Crippen LogP) is 6.44. The molecular weight excluding hydrogens is 624 g/mol. The molecule has 3 aromatic carbocycles. The lowest BCUT2D eigenvalue weighted by Crippen LogP contribution is -2.29. The number of hydrogen-bond acceptors (Lipinski definition) is 9. The standard InChI is InChI=1S/C31H23BrN2O7S/c1-16-28(30(37)39-3)42-31(33-16)34-25(24-26(35)20-14-19(32)10-12-21(20)41-27(24)29(34)36)18-9-11-22(23(13-18)38-2)40-15-17-7-5-4-6-8-17/h4-14,25H,15H2,1-3H3. The van der Waals surface area contributed by atoms with E-state index < -0.39 is 17.9 Å². The van der Waals surface area contributed by atoms with Crippen molar-refractivity contribution in [3.63, 3.8) is 0 Å². The summed E-state index contributed by atoms with van der Waals surface area (Å²) in [4.78, 5) is 46.5. The van der Waals surface area contributed by atoms with E-state index in [1.165, 1.54) is 19.1 Å². The smallest absolute Gasteiger partial charge is 0.350 e. The van der Waals surface area contributed by atoms with Crippen molar-refractivity contribution in [2.45, 2.75) is 19.6 Å². The van der Waals surface area contributed by atoms with E-state index in [1.54, 1.807) is 43.3 Å². The molecule has 0 saturated heterocycles. The van der Waals surface area contributed by atoms with Gasteiger partial charge in [0.2, 0.25) is 5.76 Å². The van der Waals surface area contributed by atoms with Crippen LogP contribution in [0.4, 0.5) is 5.13 Å². The summed E-state index contributed by atoms with van der Waals surface area (Å²) in [7, 11) is 2.80. The summed E-state index contributed by atoms with van der Waals surface area (Å²) in [5.41, 5.74) is 2.06. The molecule has 1 atom stereocenters. The molecule has 42 heavy (non-hydrogen) atoms. The fourth-order valence-electron chi connectivity index (χ4n) is 4.93. The lowest BCUT2D eigenvalue weighted by molar-refractivity contribution is 0.0605. The van der Waals surface area contributed by atoms with Crippen molar-refractivity contribution in [1.82, 2.24) is 4.98 Å². The van der Waals surface area contributed by atoms with E-state index in [-0.39, 0.29) is 32.3 Å². The van der Waals surface area contributed by atoms with Gasteiger partial charge in [0, 0.05) is 4.47 Å². The number of nitrogens with zero attached hydrogens (tertiary/aromatic N) is 2. The van der Waals surface area contributed by atoms with Crippen LogP contribution in [0, 0.1) is 6.92 Å². The van der Waals surface area contributed by atoms with Gasteiger partial charge in [-0.2, -0.15) is 0 Å². The fraction of sp³-hybridized carbons (Fsp3) is 0.161. The highest BCUT2D eigenvalue weighted by molar-refractivity contribution is 9.10. The summed E-state index contributed by atoms with van der Waals surface area (Å²) in [6.45, 7) is 1.98. The number of benzene rings is 3. The van der Waals surface area contributed by atoms with Crippen molar-refractivity contribution in [2.24, 2.45) is 0 Å². The average Bonchev–Trinajstić information content (AvgIpc) is 3.53. The molecule has 9 nitrogen and oxygen atoms in total. The van der Waals surface area contributed by atoms with E-state index in [9.17, 15) is 14.4 Å². The first-order chi connectivity index (χ1) is 20.3. The summed E-state index contributed by atoms with van der Waals surface area (Å²) in [6, 6.07) is 19.1. The van der Waals surface area contributed by atoms with Gasteiger partial charge in [-0.15, -0.1) is 0 Å². The molecule has 1 unspecified atom stereocenters. The van der Waals surface area contributed by atoms with Crippen LogP contribution in [-0.2, 0) is 11.3 Å². The predicted molar refractivity (Wildman–Crippen MR) is 161 cm³/mol. The highest BCUT2D eigenvalue weighted by Gasteiger charge is 2.45. The second kappa shape index (κ2) is 11.1. The van der Waals surface area contributed by atoms with Crippen molar-refractivity contribution in [1.29, 1.82) is 0 Å². The molecule has 0 aliphatic carbocycles. The first-order valence-corrected chi connectivity index (χ1v) is 14.4. The third-order valence-electron chi connectivity index (χ3n) is 6.93. The van der Waals surface area contributed by atoms with Crippen LogP contribution in [0.2, 0.25) is 0 Å². The second-order valence-electron chi connectivity index (χ2n) is 9.48. The van der Waals surface area contributed by atoms with E-state index in [2.05, 4.69) is 20.9 Å².